The Morgan fingerprint density at radius 1 is 1.64 bits per heavy atom. The van der Waals surface area contributed by atoms with Crippen LogP contribution >= 0.6 is 0 Å². The maximum absolute atomic E-state index is 12.0. The van der Waals surface area contributed by atoms with Gasteiger partial charge in [-0.1, -0.05) is 4.98 Å². The normalized spacial score (nSPS) is 11.7. The molecule has 0 saturated heterocycles. The van der Waals surface area contributed by atoms with E-state index >= 15 is 0 Å². The number of alkyl halides is 3. The zero-order chi connectivity index (χ0) is 10.9. The molecule has 78 valence electrons. The van der Waals surface area contributed by atoms with Gasteiger partial charge in [0.1, 0.15) is 11.9 Å². The van der Waals surface area contributed by atoms with E-state index in [-0.39, 0.29) is 5.69 Å². The van der Waals surface area contributed by atoms with Crippen LogP contribution in [0, 0.1) is 17.0 Å². The molecule has 0 N–H and O–H groups in total. The molecular formula is C6H6F3N3O2. The van der Waals surface area contributed by atoms with Gasteiger partial charge >= 0.3 is 12.1 Å². The van der Waals surface area contributed by atoms with Gasteiger partial charge in [-0.25, -0.2) is 4.57 Å². The van der Waals surface area contributed by atoms with Crippen molar-refractivity contribution < 1.29 is 18.1 Å². The molecule has 0 spiro atoms. The van der Waals surface area contributed by atoms with E-state index in [0.717, 1.165) is 6.20 Å². The lowest BCUT2D eigenvalue weighted by Crippen LogP contribution is -2.19. The molecule has 0 radical (unpaired) electrons. The number of hydrogen-bond acceptors (Lipinski definition) is 3. The first kappa shape index (κ1) is 10.5. The van der Waals surface area contributed by atoms with Crippen molar-refractivity contribution in [1.82, 2.24) is 9.55 Å². The molecule has 8 heteroatoms. The summed E-state index contributed by atoms with van der Waals surface area (Å²) in [5.74, 6) is -0.792. The average Bonchev–Trinajstić information content (AvgIpc) is 2.29. The van der Waals surface area contributed by atoms with Gasteiger partial charge in [-0.3, -0.25) is 0 Å². The minimum Gasteiger partial charge on any atom is -0.390 e. The van der Waals surface area contributed by atoms with Crippen LogP contribution in [0.1, 0.15) is 5.69 Å². The maximum atomic E-state index is 12.0. The van der Waals surface area contributed by atoms with Gasteiger partial charge in [0.05, 0.1) is 0 Å². The minimum absolute atomic E-state index is 0.106. The van der Waals surface area contributed by atoms with Crippen LogP contribution in [0.2, 0.25) is 0 Å². The summed E-state index contributed by atoms with van der Waals surface area (Å²) < 4.78 is 36.4. The highest BCUT2D eigenvalue weighted by Crippen LogP contribution is 2.22. The number of nitrogens with zero attached hydrogens (tertiary/aromatic N) is 3. The fourth-order valence-electron chi connectivity index (χ4n) is 0.969. The van der Waals surface area contributed by atoms with E-state index in [1.54, 1.807) is 0 Å². The third kappa shape index (κ3) is 2.21. The molecule has 1 rings (SSSR count). The van der Waals surface area contributed by atoms with Gasteiger partial charge in [0.15, 0.2) is 6.54 Å². The Morgan fingerprint density at radius 2 is 2.21 bits per heavy atom. The van der Waals surface area contributed by atoms with Crippen LogP contribution in [0.25, 0.3) is 0 Å². The van der Waals surface area contributed by atoms with Gasteiger partial charge in [0.25, 0.3) is 0 Å². The molecule has 1 aromatic heterocycles. The van der Waals surface area contributed by atoms with Gasteiger partial charge < -0.3 is 10.1 Å². The largest absolute Gasteiger partial charge is 0.435 e. The zero-order valence-corrected chi connectivity index (χ0v) is 7.08. The second-order valence-electron chi connectivity index (χ2n) is 2.66. The highest BCUT2D eigenvalue weighted by atomic mass is 19.4. The molecule has 14 heavy (non-hydrogen) atoms. The number of aryl methyl sites for hydroxylation is 1. The van der Waals surface area contributed by atoms with Crippen molar-refractivity contribution in [2.24, 2.45) is 0 Å². The molecule has 1 aromatic rings. The molecule has 0 aliphatic rings. The summed E-state index contributed by atoms with van der Waals surface area (Å²) in [5, 5.41) is 10.3. The van der Waals surface area contributed by atoms with Gasteiger partial charge in [-0.05, 0) is 11.8 Å². The van der Waals surface area contributed by atoms with Crippen LogP contribution in [0.4, 0.5) is 19.1 Å². The minimum atomic E-state index is -4.49. The predicted molar refractivity (Wildman–Crippen MR) is 39.7 cm³/mol. The van der Waals surface area contributed by atoms with E-state index < -0.39 is 23.6 Å². The highest BCUT2D eigenvalue weighted by molar-refractivity contribution is 5.14. The first-order valence-corrected chi connectivity index (χ1v) is 3.54. The molecule has 0 aliphatic carbocycles. The summed E-state index contributed by atoms with van der Waals surface area (Å²) in [6.45, 7) is -0.0686. The highest BCUT2D eigenvalue weighted by Gasteiger charge is 2.34. The first-order valence-electron chi connectivity index (χ1n) is 3.54. The zero-order valence-electron chi connectivity index (χ0n) is 7.08. The summed E-state index contributed by atoms with van der Waals surface area (Å²) in [6, 6.07) is 0. The van der Waals surface area contributed by atoms with E-state index in [2.05, 4.69) is 4.98 Å². The van der Waals surface area contributed by atoms with E-state index in [1.807, 2.05) is 0 Å². The smallest absolute Gasteiger partial charge is 0.390 e. The Balaban J connectivity index is 3.06. The fraction of sp³-hybridized carbons (Fsp3) is 0.500. The molecule has 0 aliphatic heterocycles. The summed E-state index contributed by atoms with van der Waals surface area (Å²) in [6.07, 6.45) is -3.46. The second kappa shape index (κ2) is 3.28. The lowest BCUT2D eigenvalue weighted by atomic mass is 10.5. The van der Waals surface area contributed by atoms with E-state index in [0.29, 0.717) is 4.57 Å². The Kier molecular flexibility index (Phi) is 2.45. The Hall–Kier alpha value is -1.60. The molecule has 0 bridgehead atoms. The number of halogens is 3. The molecule has 0 amide bonds. The lowest BCUT2D eigenvalue weighted by molar-refractivity contribution is -0.397. The Morgan fingerprint density at radius 3 is 2.64 bits per heavy atom. The number of nitro groups is 1. The SMILES string of the molecule is Cc1cnc([N+](=O)[O-])n1CC(F)(F)F. The van der Waals surface area contributed by atoms with Crippen molar-refractivity contribution >= 4 is 5.95 Å². The molecule has 0 unspecified atom stereocenters. The summed E-state index contributed by atoms with van der Waals surface area (Å²) in [7, 11) is 0. The number of hydrogen-bond donors (Lipinski definition) is 0. The summed E-state index contributed by atoms with van der Waals surface area (Å²) in [4.78, 5) is 12.6. The van der Waals surface area contributed by atoms with Crippen molar-refractivity contribution in [2.75, 3.05) is 0 Å². The molecule has 0 saturated carbocycles. The predicted octanol–water partition coefficient (Wildman–Crippen LogP) is 1.66. The quantitative estimate of drug-likeness (QED) is 0.549. The topological polar surface area (TPSA) is 61.0 Å². The van der Waals surface area contributed by atoms with Crippen LogP contribution in [0.15, 0.2) is 6.20 Å². The Bertz CT molecular complexity index is 358. The fourth-order valence-corrected chi connectivity index (χ4v) is 0.969. The number of imidazole rings is 1. The molecular weight excluding hydrogens is 203 g/mol. The molecule has 0 fully saturated rings. The van der Waals surface area contributed by atoms with Crippen molar-refractivity contribution in [1.29, 1.82) is 0 Å². The second-order valence-corrected chi connectivity index (χ2v) is 2.66. The van der Waals surface area contributed by atoms with Crippen LogP contribution in [-0.2, 0) is 6.54 Å². The molecule has 5 nitrogen and oxygen atoms in total. The summed E-state index contributed by atoms with van der Waals surface area (Å²) >= 11 is 0. The third-order valence-electron chi connectivity index (χ3n) is 1.53. The van der Waals surface area contributed by atoms with Crippen molar-refractivity contribution in [2.45, 2.75) is 19.6 Å². The standard InChI is InChI=1S/C6H6F3N3O2/c1-4-2-10-5(12(13)14)11(4)3-6(7,8)9/h2H,3H2,1H3. The van der Waals surface area contributed by atoms with E-state index in [9.17, 15) is 23.3 Å². The number of aromatic nitrogens is 2. The first-order chi connectivity index (χ1) is 6.31. The van der Waals surface area contributed by atoms with Crippen LogP contribution in [-0.4, -0.2) is 20.7 Å². The molecule has 0 aromatic carbocycles. The van der Waals surface area contributed by atoms with Crippen molar-refractivity contribution in [3.05, 3.63) is 22.0 Å². The third-order valence-corrected chi connectivity index (χ3v) is 1.53. The van der Waals surface area contributed by atoms with Gasteiger partial charge in [0, 0.05) is 0 Å². The van der Waals surface area contributed by atoms with Crippen LogP contribution < -0.4 is 0 Å². The molecule has 1 heterocycles. The van der Waals surface area contributed by atoms with Crippen molar-refractivity contribution in [3.8, 4) is 0 Å². The van der Waals surface area contributed by atoms with Crippen LogP contribution in [0.5, 0.6) is 0 Å². The summed E-state index contributed by atoms with van der Waals surface area (Å²) in [5.41, 5.74) is 0.106. The maximum Gasteiger partial charge on any atom is 0.435 e. The van der Waals surface area contributed by atoms with Crippen LogP contribution in [0.3, 0.4) is 0 Å². The van der Waals surface area contributed by atoms with E-state index in [4.69, 9.17) is 0 Å². The lowest BCUT2D eigenvalue weighted by Gasteiger charge is -2.06. The van der Waals surface area contributed by atoms with Gasteiger partial charge in [-0.15, -0.1) is 0 Å². The molecule has 0 atom stereocenters. The average molecular weight is 209 g/mol. The van der Waals surface area contributed by atoms with Crippen molar-refractivity contribution in [3.63, 3.8) is 0 Å². The Labute approximate surface area is 76.3 Å². The van der Waals surface area contributed by atoms with E-state index in [1.165, 1.54) is 6.92 Å². The monoisotopic (exact) mass is 209 g/mol. The van der Waals surface area contributed by atoms with Gasteiger partial charge in [-0.2, -0.15) is 13.2 Å². The number of rotatable bonds is 2. The van der Waals surface area contributed by atoms with Gasteiger partial charge in [0.2, 0.25) is 0 Å².